The summed E-state index contributed by atoms with van der Waals surface area (Å²) in [7, 11) is 0. The first-order valence-corrected chi connectivity index (χ1v) is 11.1. The molecule has 0 aromatic heterocycles. The summed E-state index contributed by atoms with van der Waals surface area (Å²) in [6, 6.07) is -0.476. The number of ether oxygens (including phenoxy) is 5. The lowest BCUT2D eigenvalue weighted by Gasteiger charge is -2.50. The van der Waals surface area contributed by atoms with Gasteiger partial charge < -0.3 is 34.5 Å². The Morgan fingerprint density at radius 1 is 1.00 bits per heavy atom. The van der Waals surface area contributed by atoms with E-state index in [1.807, 2.05) is 13.8 Å². The summed E-state index contributed by atoms with van der Waals surface area (Å²) in [5, 5.41) is 9.04. The fourth-order valence-electron chi connectivity index (χ4n) is 3.83. The largest absolute Gasteiger partial charge is 0.394 e. The van der Waals surface area contributed by atoms with Gasteiger partial charge in [0.2, 0.25) is 0 Å². The van der Waals surface area contributed by atoms with Crippen LogP contribution in [0.5, 0.6) is 0 Å². The average molecular weight is 404 g/mol. The van der Waals surface area contributed by atoms with Crippen LogP contribution < -0.4 is 5.73 Å². The second kappa shape index (κ2) is 12.4. The van der Waals surface area contributed by atoms with Gasteiger partial charge in [0, 0.05) is 6.61 Å². The van der Waals surface area contributed by atoms with E-state index in [9.17, 15) is 0 Å². The Bertz CT molecular complexity index is 422. The van der Waals surface area contributed by atoms with E-state index in [0.29, 0.717) is 13.2 Å². The van der Waals surface area contributed by atoms with Gasteiger partial charge in [0.05, 0.1) is 25.9 Å². The van der Waals surface area contributed by atoms with Crippen LogP contribution in [0.3, 0.4) is 0 Å². The second-order valence-electron chi connectivity index (χ2n) is 8.32. The Hall–Kier alpha value is -0.280. The van der Waals surface area contributed by atoms with Gasteiger partial charge in [-0.3, -0.25) is 0 Å². The van der Waals surface area contributed by atoms with Crippen molar-refractivity contribution < 1.29 is 28.8 Å². The molecule has 28 heavy (non-hydrogen) atoms. The van der Waals surface area contributed by atoms with Crippen molar-refractivity contribution in [2.24, 2.45) is 5.73 Å². The van der Waals surface area contributed by atoms with Crippen LogP contribution in [0.1, 0.15) is 72.1 Å². The lowest BCUT2D eigenvalue weighted by molar-refractivity contribution is -0.370. The predicted molar refractivity (Wildman–Crippen MR) is 107 cm³/mol. The minimum absolute atomic E-state index is 0.0789. The Morgan fingerprint density at radius 2 is 1.68 bits per heavy atom. The topological polar surface area (TPSA) is 92.4 Å². The van der Waals surface area contributed by atoms with Crippen LogP contribution >= 0.6 is 0 Å². The van der Waals surface area contributed by atoms with Crippen molar-refractivity contribution in [2.75, 3.05) is 26.4 Å². The Balaban J connectivity index is 1.79. The summed E-state index contributed by atoms with van der Waals surface area (Å²) < 4.78 is 29.5. The summed E-state index contributed by atoms with van der Waals surface area (Å²) in [6.07, 6.45) is 8.48. The van der Waals surface area contributed by atoms with Gasteiger partial charge in [-0.2, -0.15) is 0 Å². The molecule has 7 heteroatoms. The molecule has 2 aliphatic heterocycles. The van der Waals surface area contributed by atoms with E-state index in [4.69, 9.17) is 34.5 Å². The van der Waals surface area contributed by atoms with E-state index in [1.54, 1.807) is 0 Å². The highest BCUT2D eigenvalue weighted by Crippen LogP contribution is 2.33. The molecule has 0 aromatic carbocycles. The quantitative estimate of drug-likeness (QED) is 0.457. The molecule has 0 spiro atoms. The minimum atomic E-state index is -0.691. The number of unbranched alkanes of at least 4 members (excludes halogenated alkanes) is 7. The van der Waals surface area contributed by atoms with Gasteiger partial charge in [-0.05, 0) is 20.3 Å². The highest BCUT2D eigenvalue weighted by molar-refractivity contribution is 4.96. The molecule has 0 saturated carbocycles. The van der Waals surface area contributed by atoms with Crippen molar-refractivity contribution in [3.05, 3.63) is 0 Å². The molecule has 0 aliphatic carbocycles. The molecule has 0 bridgehead atoms. The smallest absolute Gasteiger partial charge is 0.175 e. The van der Waals surface area contributed by atoms with E-state index in [0.717, 1.165) is 6.42 Å². The highest BCUT2D eigenvalue weighted by Gasteiger charge is 2.51. The zero-order valence-electron chi connectivity index (χ0n) is 17.9. The third-order valence-electron chi connectivity index (χ3n) is 5.39. The van der Waals surface area contributed by atoms with Crippen molar-refractivity contribution in [3.8, 4) is 0 Å². The summed E-state index contributed by atoms with van der Waals surface area (Å²) in [6.45, 7) is 7.16. The number of fused-ring (bicyclic) bond motifs is 1. The Kier molecular flexibility index (Phi) is 10.6. The van der Waals surface area contributed by atoms with Crippen molar-refractivity contribution in [2.45, 2.75) is 109 Å². The van der Waals surface area contributed by atoms with Gasteiger partial charge in [0.1, 0.15) is 18.3 Å². The molecule has 7 nitrogen and oxygen atoms in total. The molecule has 166 valence electrons. The third kappa shape index (κ3) is 7.52. The van der Waals surface area contributed by atoms with Crippen LogP contribution in [0.4, 0.5) is 0 Å². The molecular formula is C21H41NO6. The van der Waals surface area contributed by atoms with Gasteiger partial charge in [0.15, 0.2) is 12.1 Å². The number of aliphatic hydroxyl groups excluding tert-OH is 1. The third-order valence-corrected chi connectivity index (χ3v) is 5.39. The SMILES string of the molecule is CCCCCCCCCCO[C@@H]1[C@@H](N)[C@@H](OCCO)O[C@@H]2COC(C)(C)O[C@@H]12. The summed E-state index contributed by atoms with van der Waals surface area (Å²) >= 11 is 0. The van der Waals surface area contributed by atoms with E-state index < -0.39 is 18.1 Å². The Labute approximate surface area is 170 Å². The number of nitrogens with two attached hydrogens (primary N) is 1. The maximum atomic E-state index is 9.04. The molecule has 2 heterocycles. The minimum Gasteiger partial charge on any atom is -0.394 e. The molecule has 0 aromatic rings. The van der Waals surface area contributed by atoms with E-state index in [1.165, 1.54) is 44.9 Å². The zero-order chi connectivity index (χ0) is 20.4. The van der Waals surface area contributed by atoms with Crippen LogP contribution in [-0.4, -0.2) is 68.0 Å². The summed E-state index contributed by atoms with van der Waals surface area (Å²) in [4.78, 5) is 0. The van der Waals surface area contributed by atoms with Crippen LogP contribution in [0.25, 0.3) is 0 Å². The van der Waals surface area contributed by atoms with Crippen LogP contribution in [-0.2, 0) is 23.7 Å². The maximum absolute atomic E-state index is 9.04. The van der Waals surface area contributed by atoms with Gasteiger partial charge >= 0.3 is 0 Å². The molecule has 2 saturated heterocycles. The first kappa shape index (κ1) is 24.0. The van der Waals surface area contributed by atoms with Crippen LogP contribution in [0.2, 0.25) is 0 Å². The maximum Gasteiger partial charge on any atom is 0.175 e. The number of hydrogen-bond acceptors (Lipinski definition) is 7. The van der Waals surface area contributed by atoms with Gasteiger partial charge in [0.25, 0.3) is 0 Å². The van der Waals surface area contributed by atoms with Crippen molar-refractivity contribution >= 4 is 0 Å². The molecule has 3 N–H and O–H groups in total. The normalized spacial score (nSPS) is 32.2. The first-order valence-electron chi connectivity index (χ1n) is 11.1. The lowest BCUT2D eigenvalue weighted by Crippen LogP contribution is -2.67. The van der Waals surface area contributed by atoms with Gasteiger partial charge in [-0.1, -0.05) is 51.9 Å². The standard InChI is InChI=1S/C21H41NO6/c1-4-5-6-7-8-9-10-11-13-24-19-17(22)20(25-14-12-23)27-16-15-26-21(2,3)28-18(16)19/h16-20,23H,4-15,22H2,1-3H3/t16-,17-,18-,19-,20+/m1/s1. The fraction of sp³-hybridized carbons (Fsp3) is 1.00. The average Bonchev–Trinajstić information content (AvgIpc) is 2.66. The molecule has 0 radical (unpaired) electrons. The number of hydrogen-bond donors (Lipinski definition) is 2. The predicted octanol–water partition coefficient (Wildman–Crippen LogP) is 2.72. The van der Waals surface area contributed by atoms with Gasteiger partial charge in [-0.15, -0.1) is 0 Å². The molecule has 0 amide bonds. The van der Waals surface area contributed by atoms with Crippen LogP contribution in [0.15, 0.2) is 0 Å². The summed E-state index contributed by atoms with van der Waals surface area (Å²) in [5.74, 6) is -0.691. The molecule has 2 aliphatic rings. The fourth-order valence-corrected chi connectivity index (χ4v) is 3.83. The highest BCUT2D eigenvalue weighted by atomic mass is 16.8. The van der Waals surface area contributed by atoms with E-state index in [2.05, 4.69) is 6.92 Å². The van der Waals surface area contributed by atoms with Crippen LogP contribution in [0, 0.1) is 0 Å². The summed E-state index contributed by atoms with van der Waals surface area (Å²) in [5.41, 5.74) is 6.39. The lowest BCUT2D eigenvalue weighted by atomic mass is 9.95. The molecule has 2 fully saturated rings. The zero-order valence-corrected chi connectivity index (χ0v) is 17.9. The molecule has 5 atom stereocenters. The van der Waals surface area contributed by atoms with Crippen molar-refractivity contribution in [3.63, 3.8) is 0 Å². The number of rotatable bonds is 13. The second-order valence-corrected chi connectivity index (χ2v) is 8.32. The molecule has 0 unspecified atom stereocenters. The van der Waals surface area contributed by atoms with E-state index >= 15 is 0 Å². The van der Waals surface area contributed by atoms with E-state index in [-0.39, 0.29) is 31.5 Å². The van der Waals surface area contributed by atoms with Crippen molar-refractivity contribution in [1.29, 1.82) is 0 Å². The number of aliphatic hydroxyl groups is 1. The monoisotopic (exact) mass is 403 g/mol. The molecule has 2 rings (SSSR count). The molecular weight excluding hydrogens is 362 g/mol. The van der Waals surface area contributed by atoms with Crippen molar-refractivity contribution in [1.82, 2.24) is 0 Å². The van der Waals surface area contributed by atoms with Gasteiger partial charge in [-0.25, -0.2) is 0 Å². The first-order chi connectivity index (χ1) is 13.5. The Morgan fingerprint density at radius 3 is 2.36 bits per heavy atom.